The first kappa shape index (κ1) is 18.2. The topological polar surface area (TPSA) is 46.4 Å². The first-order chi connectivity index (χ1) is 12.9. The van der Waals surface area contributed by atoms with E-state index in [0.717, 1.165) is 18.9 Å². The van der Waals surface area contributed by atoms with Gasteiger partial charge in [-0.3, -0.25) is 9.20 Å². The standard InChI is InChI=1S/C19H18F3N3OS/c20-19(21,22)15-6-2-1-4-13(15)14-5-3-7-16(14)23-11-12-10-17(26)25-8-9-27-18(25)24-12/h1-2,4,6,8-10,14,16,23H,3,5,7,11H2/t14-,16-/m1/s1. The maximum absolute atomic E-state index is 13.4. The van der Waals surface area contributed by atoms with Crippen LogP contribution < -0.4 is 10.9 Å². The largest absolute Gasteiger partial charge is 0.416 e. The minimum atomic E-state index is -4.36. The zero-order valence-electron chi connectivity index (χ0n) is 14.4. The van der Waals surface area contributed by atoms with Crippen molar-refractivity contribution in [2.24, 2.45) is 0 Å². The molecule has 2 heterocycles. The Kier molecular flexibility index (Phi) is 4.77. The number of alkyl halides is 3. The van der Waals surface area contributed by atoms with Crippen LogP contribution in [0.3, 0.4) is 0 Å². The van der Waals surface area contributed by atoms with E-state index in [0.29, 0.717) is 29.2 Å². The van der Waals surface area contributed by atoms with Crippen molar-refractivity contribution in [3.8, 4) is 0 Å². The first-order valence-corrected chi connectivity index (χ1v) is 9.67. The Bertz CT molecular complexity index is 1010. The second-order valence-electron chi connectivity index (χ2n) is 6.75. The number of thiazole rings is 1. The van der Waals surface area contributed by atoms with Crippen molar-refractivity contribution in [2.45, 2.75) is 43.9 Å². The molecule has 0 saturated heterocycles. The molecule has 142 valence electrons. The monoisotopic (exact) mass is 393 g/mol. The van der Waals surface area contributed by atoms with Gasteiger partial charge < -0.3 is 5.32 Å². The van der Waals surface area contributed by atoms with Crippen molar-refractivity contribution in [2.75, 3.05) is 0 Å². The molecule has 4 rings (SSSR count). The van der Waals surface area contributed by atoms with Gasteiger partial charge in [0.25, 0.3) is 5.56 Å². The van der Waals surface area contributed by atoms with Gasteiger partial charge in [-0.15, -0.1) is 11.3 Å². The summed E-state index contributed by atoms with van der Waals surface area (Å²) >= 11 is 1.37. The molecule has 0 unspecified atom stereocenters. The van der Waals surface area contributed by atoms with Crippen LogP contribution in [-0.4, -0.2) is 15.4 Å². The number of nitrogens with one attached hydrogen (secondary N) is 1. The third kappa shape index (κ3) is 3.64. The van der Waals surface area contributed by atoms with E-state index in [2.05, 4.69) is 10.3 Å². The van der Waals surface area contributed by atoms with E-state index >= 15 is 0 Å². The zero-order valence-corrected chi connectivity index (χ0v) is 15.2. The van der Waals surface area contributed by atoms with Gasteiger partial charge in [0.15, 0.2) is 4.96 Å². The number of hydrogen-bond acceptors (Lipinski definition) is 4. The summed E-state index contributed by atoms with van der Waals surface area (Å²) in [5.41, 5.74) is 0.252. The zero-order chi connectivity index (χ0) is 19.0. The Morgan fingerprint density at radius 3 is 2.89 bits per heavy atom. The third-order valence-corrected chi connectivity index (χ3v) is 5.84. The smallest absolute Gasteiger partial charge is 0.308 e. The molecule has 1 aliphatic carbocycles. The lowest BCUT2D eigenvalue weighted by molar-refractivity contribution is -0.138. The van der Waals surface area contributed by atoms with Gasteiger partial charge in [0.2, 0.25) is 0 Å². The number of fused-ring (bicyclic) bond motifs is 1. The average Bonchev–Trinajstić information content (AvgIpc) is 3.28. The highest BCUT2D eigenvalue weighted by Crippen LogP contribution is 2.41. The quantitative estimate of drug-likeness (QED) is 0.723. The Morgan fingerprint density at radius 2 is 2.07 bits per heavy atom. The number of nitrogens with zero attached hydrogens (tertiary/aromatic N) is 2. The summed E-state index contributed by atoms with van der Waals surface area (Å²) in [5.74, 6) is -0.200. The number of halogens is 3. The van der Waals surface area contributed by atoms with Crippen molar-refractivity contribution < 1.29 is 13.2 Å². The Morgan fingerprint density at radius 1 is 1.26 bits per heavy atom. The highest BCUT2D eigenvalue weighted by molar-refractivity contribution is 7.15. The average molecular weight is 393 g/mol. The van der Waals surface area contributed by atoms with Crippen molar-refractivity contribution in [1.82, 2.24) is 14.7 Å². The van der Waals surface area contributed by atoms with E-state index < -0.39 is 11.7 Å². The van der Waals surface area contributed by atoms with Gasteiger partial charge >= 0.3 is 6.18 Å². The summed E-state index contributed by atoms with van der Waals surface area (Å²) in [5, 5.41) is 5.13. The summed E-state index contributed by atoms with van der Waals surface area (Å²) in [6.07, 6.45) is -0.297. The minimum Gasteiger partial charge on any atom is -0.308 e. The molecule has 4 nitrogen and oxygen atoms in total. The molecule has 1 fully saturated rings. The van der Waals surface area contributed by atoms with Crippen LogP contribution in [0.1, 0.15) is 42.0 Å². The van der Waals surface area contributed by atoms with Crippen molar-refractivity contribution in [1.29, 1.82) is 0 Å². The summed E-state index contributed by atoms with van der Waals surface area (Å²) in [4.78, 5) is 17.1. The van der Waals surface area contributed by atoms with E-state index in [-0.39, 0.29) is 17.5 Å². The van der Waals surface area contributed by atoms with Crippen LogP contribution >= 0.6 is 11.3 Å². The Balaban J connectivity index is 1.55. The van der Waals surface area contributed by atoms with Gasteiger partial charge in [-0.25, -0.2) is 4.98 Å². The molecule has 0 spiro atoms. The summed E-state index contributed by atoms with van der Waals surface area (Å²) in [7, 11) is 0. The van der Waals surface area contributed by atoms with Crippen LogP contribution in [0.15, 0.2) is 46.7 Å². The number of hydrogen-bond donors (Lipinski definition) is 1. The van der Waals surface area contributed by atoms with Crippen LogP contribution in [0.5, 0.6) is 0 Å². The van der Waals surface area contributed by atoms with Crippen LogP contribution in [0.4, 0.5) is 13.2 Å². The van der Waals surface area contributed by atoms with Gasteiger partial charge in [-0.05, 0) is 30.4 Å². The lowest BCUT2D eigenvalue weighted by Gasteiger charge is -2.24. The third-order valence-electron chi connectivity index (χ3n) is 5.08. The second-order valence-corrected chi connectivity index (χ2v) is 7.62. The van der Waals surface area contributed by atoms with Crippen LogP contribution in [0.25, 0.3) is 4.96 Å². The molecular weight excluding hydrogens is 375 g/mol. The molecule has 1 N–H and O–H groups in total. The van der Waals surface area contributed by atoms with Gasteiger partial charge in [0.05, 0.1) is 11.3 Å². The van der Waals surface area contributed by atoms with E-state index in [1.165, 1.54) is 27.9 Å². The van der Waals surface area contributed by atoms with Gasteiger partial charge in [0.1, 0.15) is 0 Å². The molecule has 8 heteroatoms. The molecule has 0 amide bonds. The molecule has 0 bridgehead atoms. The van der Waals surface area contributed by atoms with Crippen molar-refractivity contribution in [3.63, 3.8) is 0 Å². The van der Waals surface area contributed by atoms with E-state index in [9.17, 15) is 18.0 Å². The minimum absolute atomic E-state index is 0.0721. The molecule has 3 aromatic rings. The molecular formula is C19H18F3N3OS. The fourth-order valence-electron chi connectivity index (χ4n) is 3.87. The van der Waals surface area contributed by atoms with Crippen LogP contribution in [0, 0.1) is 0 Å². The summed E-state index contributed by atoms with van der Waals surface area (Å²) in [6, 6.07) is 7.22. The predicted molar refractivity (Wildman–Crippen MR) is 98.0 cm³/mol. The number of aromatic nitrogens is 2. The van der Waals surface area contributed by atoms with Crippen LogP contribution in [-0.2, 0) is 12.7 Å². The maximum atomic E-state index is 13.4. The van der Waals surface area contributed by atoms with Gasteiger partial charge in [-0.2, -0.15) is 13.2 Å². The SMILES string of the molecule is O=c1cc(CN[C@@H]2CCC[C@@H]2c2ccccc2C(F)(F)F)nc2sccn12. The fourth-order valence-corrected chi connectivity index (χ4v) is 4.61. The number of benzene rings is 1. The van der Waals surface area contributed by atoms with Gasteiger partial charge in [-0.1, -0.05) is 24.6 Å². The maximum Gasteiger partial charge on any atom is 0.416 e. The molecule has 27 heavy (non-hydrogen) atoms. The van der Waals surface area contributed by atoms with E-state index in [4.69, 9.17) is 0 Å². The van der Waals surface area contributed by atoms with E-state index in [1.54, 1.807) is 23.7 Å². The summed E-state index contributed by atoms with van der Waals surface area (Å²) < 4.78 is 41.6. The lowest BCUT2D eigenvalue weighted by atomic mass is 9.89. The predicted octanol–water partition coefficient (Wildman–Crippen LogP) is 4.20. The van der Waals surface area contributed by atoms with Crippen LogP contribution in [0.2, 0.25) is 0 Å². The molecule has 0 aliphatic heterocycles. The summed E-state index contributed by atoms with van der Waals surface area (Å²) in [6.45, 7) is 0.360. The van der Waals surface area contributed by atoms with E-state index in [1.807, 2.05) is 0 Å². The first-order valence-electron chi connectivity index (χ1n) is 8.79. The second kappa shape index (κ2) is 7.09. The number of rotatable bonds is 4. The normalized spacial score (nSPS) is 20.4. The lowest BCUT2D eigenvalue weighted by Crippen LogP contribution is -2.32. The molecule has 2 aromatic heterocycles. The van der Waals surface area contributed by atoms with Crippen molar-refractivity contribution in [3.05, 3.63) is 69.1 Å². The highest BCUT2D eigenvalue weighted by atomic mass is 32.1. The Hall–Kier alpha value is -2.19. The van der Waals surface area contributed by atoms with Gasteiger partial charge in [0, 0.05) is 30.2 Å². The molecule has 2 atom stereocenters. The molecule has 1 aliphatic rings. The molecule has 0 radical (unpaired) electrons. The fraction of sp³-hybridized carbons (Fsp3) is 0.368. The molecule has 1 saturated carbocycles. The van der Waals surface area contributed by atoms with Crippen molar-refractivity contribution >= 4 is 16.3 Å². The Labute approximate surface area is 157 Å². The highest BCUT2D eigenvalue weighted by Gasteiger charge is 2.38. The molecule has 1 aromatic carbocycles.